The largest absolute Gasteiger partial charge is 0.459 e. The van der Waals surface area contributed by atoms with E-state index in [1.165, 1.54) is 141 Å². The van der Waals surface area contributed by atoms with Crippen molar-refractivity contribution >= 4 is 18.2 Å². The molecule has 2 N–H and O–H groups in total. The standard InChI is InChI=1S/C45H80N2O6/c1-3-5-7-9-11-13-15-17-19-21-23-25-27-32-38-51-44(49)46-37-36-42(43(48)53-40-41-34-30-29-31-35-41)47-45(50)52-39-33-28-26-24-22-20-18-16-14-12-10-8-6-4-2/h29-31,34-35,42H,3-28,32-33,36-40H2,1-2H3,(H,46,49)(H,47,50)/t42-/m0/s1. The molecular weight excluding hydrogens is 665 g/mol. The molecule has 0 bridgehead atoms. The molecule has 1 aromatic rings. The summed E-state index contributed by atoms with van der Waals surface area (Å²) in [5.74, 6) is -0.570. The number of rotatable bonds is 37. The van der Waals surface area contributed by atoms with Gasteiger partial charge in [0.25, 0.3) is 0 Å². The van der Waals surface area contributed by atoms with Gasteiger partial charge in [0.2, 0.25) is 0 Å². The highest BCUT2D eigenvalue weighted by Crippen LogP contribution is 2.14. The van der Waals surface area contributed by atoms with Gasteiger partial charge in [0.05, 0.1) is 13.2 Å². The number of unbranched alkanes of at least 4 members (excludes halogenated alkanes) is 26. The first-order valence-corrected chi connectivity index (χ1v) is 22.1. The second-order valence-corrected chi connectivity index (χ2v) is 15.0. The highest BCUT2D eigenvalue weighted by Gasteiger charge is 2.23. The maximum absolute atomic E-state index is 12.9. The number of nitrogens with one attached hydrogen (secondary N) is 2. The second-order valence-electron chi connectivity index (χ2n) is 15.0. The van der Waals surface area contributed by atoms with E-state index in [2.05, 4.69) is 24.5 Å². The number of amides is 2. The van der Waals surface area contributed by atoms with E-state index in [4.69, 9.17) is 14.2 Å². The third-order valence-electron chi connectivity index (χ3n) is 9.96. The summed E-state index contributed by atoms with van der Waals surface area (Å²) in [5.41, 5.74) is 0.852. The SMILES string of the molecule is CCCCCCCCCCCCCCCCOC(=O)NCC[C@H](NC(=O)OCCCCCCCCCCCCCCCC)C(=O)OCc1ccccc1. The van der Waals surface area contributed by atoms with E-state index in [0.29, 0.717) is 13.2 Å². The van der Waals surface area contributed by atoms with Gasteiger partial charge in [-0.3, -0.25) is 0 Å². The number of ether oxygens (including phenoxy) is 3. The first kappa shape index (κ1) is 48.2. The Bertz CT molecular complexity index is 975. The van der Waals surface area contributed by atoms with Crippen LogP contribution in [0, 0.1) is 0 Å². The van der Waals surface area contributed by atoms with Crippen molar-refractivity contribution in [1.29, 1.82) is 0 Å². The van der Waals surface area contributed by atoms with E-state index < -0.39 is 24.2 Å². The Morgan fingerprint density at radius 2 is 0.868 bits per heavy atom. The Morgan fingerprint density at radius 3 is 1.28 bits per heavy atom. The summed E-state index contributed by atoms with van der Waals surface area (Å²) in [6.07, 6.45) is 34.5. The Balaban J connectivity index is 2.18. The van der Waals surface area contributed by atoms with E-state index >= 15 is 0 Å². The van der Waals surface area contributed by atoms with Crippen LogP contribution < -0.4 is 10.6 Å². The molecule has 2 amide bonds. The van der Waals surface area contributed by atoms with Crippen LogP contribution in [0.15, 0.2) is 30.3 Å². The predicted octanol–water partition coefficient (Wildman–Crippen LogP) is 12.9. The number of hydrogen-bond acceptors (Lipinski definition) is 6. The van der Waals surface area contributed by atoms with Crippen molar-refractivity contribution in [3.05, 3.63) is 35.9 Å². The number of carbonyl (C=O) groups is 3. The van der Waals surface area contributed by atoms with Crippen LogP contribution in [0.3, 0.4) is 0 Å². The van der Waals surface area contributed by atoms with Crippen LogP contribution in [0.1, 0.15) is 206 Å². The number of carbonyl (C=O) groups excluding carboxylic acids is 3. The maximum atomic E-state index is 12.9. The van der Waals surface area contributed by atoms with Crippen LogP contribution in [0.2, 0.25) is 0 Å². The zero-order valence-corrected chi connectivity index (χ0v) is 34.2. The maximum Gasteiger partial charge on any atom is 0.407 e. The van der Waals surface area contributed by atoms with Crippen LogP contribution in [-0.4, -0.2) is 44.0 Å². The molecular formula is C45H80N2O6. The van der Waals surface area contributed by atoms with Crippen LogP contribution in [0.5, 0.6) is 0 Å². The van der Waals surface area contributed by atoms with Crippen LogP contribution in [0.4, 0.5) is 9.59 Å². The lowest BCUT2D eigenvalue weighted by Gasteiger charge is -2.18. The van der Waals surface area contributed by atoms with Gasteiger partial charge in [0.1, 0.15) is 12.6 Å². The number of alkyl carbamates (subject to hydrolysis) is 2. The van der Waals surface area contributed by atoms with Gasteiger partial charge in [-0.05, 0) is 24.8 Å². The lowest BCUT2D eigenvalue weighted by atomic mass is 10.0. The summed E-state index contributed by atoms with van der Waals surface area (Å²) < 4.78 is 16.2. The smallest absolute Gasteiger partial charge is 0.407 e. The Labute approximate surface area is 325 Å². The van der Waals surface area contributed by atoms with E-state index in [1.807, 2.05) is 30.3 Å². The third kappa shape index (κ3) is 32.4. The molecule has 0 aliphatic rings. The Kier molecular flexibility index (Phi) is 34.2. The summed E-state index contributed by atoms with van der Waals surface area (Å²) in [7, 11) is 0. The van der Waals surface area contributed by atoms with Gasteiger partial charge in [-0.25, -0.2) is 14.4 Å². The van der Waals surface area contributed by atoms with Crippen molar-refractivity contribution in [3.63, 3.8) is 0 Å². The van der Waals surface area contributed by atoms with Gasteiger partial charge in [-0.2, -0.15) is 0 Å². The molecule has 0 aliphatic heterocycles. The van der Waals surface area contributed by atoms with Crippen molar-refractivity contribution in [2.24, 2.45) is 0 Å². The van der Waals surface area contributed by atoms with Gasteiger partial charge < -0.3 is 24.8 Å². The molecule has 0 aromatic heterocycles. The molecule has 0 saturated heterocycles. The minimum atomic E-state index is -0.950. The molecule has 0 fully saturated rings. The van der Waals surface area contributed by atoms with E-state index in [0.717, 1.165) is 44.1 Å². The minimum Gasteiger partial charge on any atom is -0.459 e. The highest BCUT2D eigenvalue weighted by molar-refractivity contribution is 5.81. The molecule has 53 heavy (non-hydrogen) atoms. The van der Waals surface area contributed by atoms with Gasteiger partial charge in [-0.15, -0.1) is 0 Å². The minimum absolute atomic E-state index is 0.0978. The number of hydrogen-bond donors (Lipinski definition) is 2. The molecule has 0 spiro atoms. The first-order chi connectivity index (χ1) is 26.1. The normalized spacial score (nSPS) is 11.6. The van der Waals surface area contributed by atoms with Gasteiger partial charge >= 0.3 is 18.2 Å². The summed E-state index contributed by atoms with van der Waals surface area (Å²) >= 11 is 0. The van der Waals surface area contributed by atoms with Crippen LogP contribution in [-0.2, 0) is 25.6 Å². The Morgan fingerprint density at radius 1 is 0.491 bits per heavy atom. The van der Waals surface area contributed by atoms with Crippen molar-refractivity contribution in [2.45, 2.75) is 213 Å². The molecule has 0 radical (unpaired) electrons. The predicted molar refractivity (Wildman–Crippen MR) is 219 cm³/mol. The fraction of sp³-hybridized carbons (Fsp3) is 0.800. The lowest BCUT2D eigenvalue weighted by molar-refractivity contribution is -0.147. The van der Waals surface area contributed by atoms with Crippen molar-refractivity contribution < 1.29 is 28.6 Å². The van der Waals surface area contributed by atoms with Crippen molar-refractivity contribution in [3.8, 4) is 0 Å². The molecule has 0 unspecified atom stereocenters. The van der Waals surface area contributed by atoms with Gasteiger partial charge in [0.15, 0.2) is 0 Å². The first-order valence-electron chi connectivity index (χ1n) is 22.1. The molecule has 0 saturated carbocycles. The Hall–Kier alpha value is -2.77. The molecule has 1 atom stereocenters. The van der Waals surface area contributed by atoms with Crippen molar-refractivity contribution in [1.82, 2.24) is 10.6 Å². The quantitative estimate of drug-likeness (QED) is 0.0399. The van der Waals surface area contributed by atoms with E-state index in [-0.39, 0.29) is 19.6 Å². The zero-order chi connectivity index (χ0) is 38.3. The van der Waals surface area contributed by atoms with Gasteiger partial charge in [-0.1, -0.05) is 211 Å². The molecule has 1 rings (SSSR count). The van der Waals surface area contributed by atoms with E-state index in [1.54, 1.807) is 0 Å². The van der Waals surface area contributed by atoms with Gasteiger partial charge in [0, 0.05) is 6.54 Å². The highest BCUT2D eigenvalue weighted by atomic mass is 16.6. The van der Waals surface area contributed by atoms with E-state index in [9.17, 15) is 14.4 Å². The third-order valence-corrected chi connectivity index (χ3v) is 9.96. The molecule has 8 heteroatoms. The summed E-state index contributed by atoms with van der Waals surface area (Å²) in [5, 5.41) is 5.35. The lowest BCUT2D eigenvalue weighted by Crippen LogP contribution is -2.44. The average Bonchev–Trinajstić information content (AvgIpc) is 3.17. The number of benzene rings is 1. The zero-order valence-electron chi connectivity index (χ0n) is 34.2. The average molecular weight is 745 g/mol. The fourth-order valence-corrected chi connectivity index (χ4v) is 6.55. The topological polar surface area (TPSA) is 103 Å². The van der Waals surface area contributed by atoms with Crippen LogP contribution >= 0.6 is 0 Å². The molecule has 0 aliphatic carbocycles. The molecule has 306 valence electrons. The molecule has 0 heterocycles. The second kappa shape index (κ2) is 37.5. The fourth-order valence-electron chi connectivity index (χ4n) is 6.55. The monoisotopic (exact) mass is 745 g/mol. The summed E-state index contributed by atoms with van der Waals surface area (Å²) in [4.78, 5) is 37.8. The molecule has 1 aromatic carbocycles. The van der Waals surface area contributed by atoms with Crippen molar-refractivity contribution in [2.75, 3.05) is 19.8 Å². The van der Waals surface area contributed by atoms with Crippen LogP contribution in [0.25, 0.3) is 0 Å². The summed E-state index contributed by atoms with van der Waals surface area (Å²) in [6, 6.07) is 8.44. The molecule has 8 nitrogen and oxygen atoms in total. The number of esters is 1. The summed E-state index contributed by atoms with van der Waals surface area (Å²) in [6.45, 7) is 5.45.